The van der Waals surface area contributed by atoms with E-state index < -0.39 is 0 Å². The van der Waals surface area contributed by atoms with Crippen molar-refractivity contribution in [3.63, 3.8) is 0 Å². The van der Waals surface area contributed by atoms with Gasteiger partial charge in [-0.05, 0) is 12.1 Å². The molecule has 0 saturated carbocycles. The summed E-state index contributed by atoms with van der Waals surface area (Å²) in [4.78, 5) is 8.44. The van der Waals surface area contributed by atoms with Crippen LogP contribution in [0.4, 0.5) is 0 Å². The molecule has 0 fully saturated rings. The lowest BCUT2D eigenvalue weighted by molar-refractivity contribution is 0.927. The maximum absolute atomic E-state index is 5.69. The molecule has 6 heteroatoms. The number of nitrogens with two attached hydrogens (primary N) is 1. The zero-order valence-corrected chi connectivity index (χ0v) is 9.16. The molecule has 76 valence electrons. The van der Waals surface area contributed by atoms with Crippen molar-refractivity contribution >= 4 is 28.8 Å². The molecular weight excluding hydrogens is 232 g/mol. The Morgan fingerprint density at radius 1 is 1.40 bits per heavy atom. The topological polar surface area (TPSA) is 56.7 Å². The average molecular weight is 239 g/mol. The van der Waals surface area contributed by atoms with Crippen molar-refractivity contribution in [2.45, 2.75) is 0 Å². The van der Waals surface area contributed by atoms with Gasteiger partial charge >= 0.3 is 0 Å². The van der Waals surface area contributed by atoms with E-state index in [0.717, 1.165) is 0 Å². The molecule has 0 aliphatic rings. The number of thiocarbonyl (C=S) groups is 1. The fourth-order valence-corrected chi connectivity index (χ4v) is 1.45. The maximum Gasteiger partial charge on any atom is 0.234 e. The van der Waals surface area contributed by atoms with Crippen LogP contribution in [0, 0.1) is 0 Å². The van der Waals surface area contributed by atoms with Crippen LogP contribution in [-0.4, -0.2) is 19.5 Å². The Labute approximate surface area is 96.7 Å². The van der Waals surface area contributed by atoms with Crippen LogP contribution >= 0.6 is 23.8 Å². The molecule has 0 spiro atoms. The van der Waals surface area contributed by atoms with Crippen LogP contribution in [0.5, 0.6) is 0 Å². The van der Waals surface area contributed by atoms with E-state index >= 15 is 0 Å². The molecule has 0 atom stereocenters. The number of hydrogen-bond acceptors (Lipinski definition) is 3. The van der Waals surface area contributed by atoms with Crippen LogP contribution in [0.15, 0.2) is 30.7 Å². The minimum absolute atomic E-state index is 0.304. The van der Waals surface area contributed by atoms with E-state index in [1.54, 1.807) is 16.8 Å². The first-order valence-corrected chi connectivity index (χ1v) is 4.92. The van der Waals surface area contributed by atoms with Gasteiger partial charge < -0.3 is 5.73 Å². The van der Waals surface area contributed by atoms with Crippen molar-refractivity contribution in [2.24, 2.45) is 5.73 Å². The van der Waals surface area contributed by atoms with E-state index in [0.29, 0.717) is 21.7 Å². The van der Waals surface area contributed by atoms with E-state index in [2.05, 4.69) is 9.97 Å². The highest BCUT2D eigenvalue weighted by Crippen LogP contribution is 2.10. The molecule has 0 aliphatic carbocycles. The van der Waals surface area contributed by atoms with Crippen LogP contribution in [0.2, 0.25) is 5.02 Å². The minimum Gasteiger partial charge on any atom is -0.388 e. The Balaban J connectivity index is 2.49. The minimum atomic E-state index is 0.304. The molecule has 0 unspecified atom stereocenters. The maximum atomic E-state index is 5.69. The molecule has 0 saturated heterocycles. The third-order valence-electron chi connectivity index (χ3n) is 1.82. The van der Waals surface area contributed by atoms with E-state index in [1.807, 2.05) is 6.07 Å². The van der Waals surface area contributed by atoms with E-state index in [9.17, 15) is 0 Å². The molecule has 0 amide bonds. The molecule has 2 heterocycles. The first-order valence-electron chi connectivity index (χ1n) is 4.13. The molecule has 0 aliphatic heterocycles. The fourth-order valence-electron chi connectivity index (χ4n) is 1.19. The number of rotatable bonds is 2. The molecule has 15 heavy (non-hydrogen) atoms. The molecule has 0 radical (unpaired) electrons. The molecule has 2 aromatic rings. The summed E-state index contributed by atoms with van der Waals surface area (Å²) in [7, 11) is 0. The molecule has 0 aromatic carbocycles. The second kappa shape index (κ2) is 3.96. The molecule has 2 N–H and O–H groups in total. The first-order chi connectivity index (χ1) is 7.18. The van der Waals surface area contributed by atoms with Gasteiger partial charge in [0.1, 0.15) is 4.99 Å². The highest BCUT2D eigenvalue weighted by molar-refractivity contribution is 7.80. The van der Waals surface area contributed by atoms with Crippen molar-refractivity contribution in [1.82, 2.24) is 14.5 Å². The second-order valence-corrected chi connectivity index (χ2v) is 3.71. The number of halogens is 1. The highest BCUT2D eigenvalue weighted by atomic mass is 35.5. The summed E-state index contributed by atoms with van der Waals surface area (Å²) in [6.45, 7) is 0. The lowest BCUT2D eigenvalue weighted by Crippen LogP contribution is -2.15. The van der Waals surface area contributed by atoms with E-state index in [1.165, 1.54) is 12.4 Å². The van der Waals surface area contributed by atoms with Gasteiger partial charge in [-0.2, -0.15) is 0 Å². The fraction of sp³-hybridized carbons (Fsp3) is 0. The quantitative estimate of drug-likeness (QED) is 0.807. The van der Waals surface area contributed by atoms with Crippen molar-refractivity contribution in [3.8, 4) is 5.95 Å². The lowest BCUT2D eigenvalue weighted by atomic mass is 10.4. The molecule has 4 nitrogen and oxygen atoms in total. The second-order valence-electron chi connectivity index (χ2n) is 2.83. The zero-order valence-electron chi connectivity index (χ0n) is 7.59. The summed E-state index contributed by atoms with van der Waals surface area (Å²) in [6, 6.07) is 3.63. The molecule has 0 bridgehead atoms. The number of hydrogen-bond donors (Lipinski definition) is 1. The summed E-state index contributed by atoms with van der Waals surface area (Å²) in [5, 5.41) is 0.489. The Morgan fingerprint density at radius 2 is 2.07 bits per heavy atom. The Kier molecular flexibility index (Phi) is 2.66. The van der Waals surface area contributed by atoms with Crippen LogP contribution < -0.4 is 5.73 Å². The average Bonchev–Trinajstić information content (AvgIpc) is 2.67. The molecule has 2 aromatic heterocycles. The Bertz CT molecular complexity index is 491. The zero-order chi connectivity index (χ0) is 10.8. The van der Waals surface area contributed by atoms with Crippen molar-refractivity contribution < 1.29 is 0 Å². The Morgan fingerprint density at radius 3 is 2.67 bits per heavy atom. The number of aromatic nitrogens is 3. The summed E-state index contributed by atoms with van der Waals surface area (Å²) in [6.07, 6.45) is 4.83. The van der Waals surface area contributed by atoms with Gasteiger partial charge in [0.2, 0.25) is 5.95 Å². The lowest BCUT2D eigenvalue weighted by Gasteiger charge is -2.05. The number of nitrogens with zero attached hydrogens (tertiary/aromatic N) is 3. The first kappa shape index (κ1) is 10.1. The molecular formula is C9H7ClN4S. The van der Waals surface area contributed by atoms with Gasteiger partial charge in [-0.1, -0.05) is 23.8 Å². The Hall–Kier alpha value is -1.46. The summed E-state index contributed by atoms with van der Waals surface area (Å²) >= 11 is 10.6. The van der Waals surface area contributed by atoms with Gasteiger partial charge in [0.05, 0.1) is 23.1 Å². The predicted molar refractivity (Wildman–Crippen MR) is 62.3 cm³/mol. The van der Waals surface area contributed by atoms with Crippen molar-refractivity contribution in [2.75, 3.05) is 0 Å². The highest BCUT2D eigenvalue weighted by Gasteiger charge is 2.07. The smallest absolute Gasteiger partial charge is 0.234 e. The summed E-state index contributed by atoms with van der Waals surface area (Å²) in [5.41, 5.74) is 6.26. The summed E-state index contributed by atoms with van der Waals surface area (Å²) in [5.74, 6) is 0.493. The van der Waals surface area contributed by atoms with Crippen molar-refractivity contribution in [3.05, 3.63) is 41.4 Å². The summed E-state index contributed by atoms with van der Waals surface area (Å²) < 4.78 is 1.71. The standard InChI is InChI=1S/C9H7ClN4S/c10-6-4-12-9(13-5-6)14-3-1-2-7(14)8(11)15/h1-5H,(H2,11,15). The van der Waals surface area contributed by atoms with Gasteiger partial charge in [0.15, 0.2) is 0 Å². The molecule has 2 rings (SSSR count). The third-order valence-corrected chi connectivity index (χ3v) is 2.23. The largest absolute Gasteiger partial charge is 0.388 e. The normalized spacial score (nSPS) is 10.2. The van der Waals surface area contributed by atoms with Crippen molar-refractivity contribution in [1.29, 1.82) is 0 Å². The van der Waals surface area contributed by atoms with Gasteiger partial charge in [-0.15, -0.1) is 0 Å². The monoisotopic (exact) mass is 238 g/mol. The predicted octanol–water partition coefficient (Wildman–Crippen LogP) is 1.55. The van der Waals surface area contributed by atoms with Crippen LogP contribution in [0.25, 0.3) is 5.95 Å². The van der Waals surface area contributed by atoms with Gasteiger partial charge in [0.25, 0.3) is 0 Å². The van der Waals surface area contributed by atoms with E-state index in [-0.39, 0.29) is 0 Å². The van der Waals surface area contributed by atoms with Gasteiger partial charge in [-0.25, -0.2) is 9.97 Å². The van der Waals surface area contributed by atoms with Crippen LogP contribution in [-0.2, 0) is 0 Å². The SMILES string of the molecule is NC(=S)c1cccn1-c1ncc(Cl)cn1. The van der Waals surface area contributed by atoms with E-state index in [4.69, 9.17) is 29.6 Å². The van der Waals surface area contributed by atoms with Crippen LogP contribution in [0.1, 0.15) is 5.69 Å². The van der Waals surface area contributed by atoms with Gasteiger partial charge in [-0.3, -0.25) is 4.57 Å². The van der Waals surface area contributed by atoms with Crippen LogP contribution in [0.3, 0.4) is 0 Å². The third kappa shape index (κ3) is 1.98. The van der Waals surface area contributed by atoms with Gasteiger partial charge in [0, 0.05) is 6.20 Å².